The van der Waals surface area contributed by atoms with E-state index in [1.165, 1.54) is 24.0 Å². The number of hydrogen-bond acceptors (Lipinski definition) is 3. The maximum absolute atomic E-state index is 11.6. The van der Waals surface area contributed by atoms with Gasteiger partial charge in [0.1, 0.15) is 0 Å². The van der Waals surface area contributed by atoms with E-state index in [1.54, 1.807) is 18.2 Å². The van der Waals surface area contributed by atoms with Crippen LogP contribution in [0.3, 0.4) is 0 Å². The molecule has 21 heavy (non-hydrogen) atoms. The van der Waals surface area contributed by atoms with Gasteiger partial charge < -0.3 is 16.8 Å². The highest BCUT2D eigenvalue weighted by Crippen LogP contribution is 2.31. The number of aryl methyl sites for hydroxylation is 1. The number of nitrogen functional groups attached to an aromatic ring is 1. The van der Waals surface area contributed by atoms with E-state index in [0.717, 1.165) is 18.5 Å². The molecule has 5 N–H and O–H groups in total. The number of fused-ring (bicyclic) bond motifs is 1. The van der Waals surface area contributed by atoms with Gasteiger partial charge in [-0.25, -0.2) is 0 Å². The molecule has 0 saturated heterocycles. The molecule has 0 radical (unpaired) electrons. The van der Waals surface area contributed by atoms with Crippen LogP contribution < -0.4 is 16.8 Å². The van der Waals surface area contributed by atoms with Crippen LogP contribution >= 0.6 is 0 Å². The van der Waals surface area contributed by atoms with Gasteiger partial charge in [0.2, 0.25) is 0 Å². The Morgan fingerprint density at radius 3 is 2.67 bits per heavy atom. The Morgan fingerprint density at radius 1 is 1.05 bits per heavy atom. The SMILES string of the molecule is NC(=O)c1cc(N)ccc1Nc1cccc2c1CCCC2. The largest absolute Gasteiger partial charge is 0.399 e. The van der Waals surface area contributed by atoms with Crippen LogP contribution in [0.4, 0.5) is 17.1 Å². The van der Waals surface area contributed by atoms with Gasteiger partial charge in [-0.15, -0.1) is 0 Å². The third kappa shape index (κ3) is 2.70. The van der Waals surface area contributed by atoms with Crippen molar-refractivity contribution in [3.8, 4) is 0 Å². The number of amides is 1. The fraction of sp³-hybridized carbons (Fsp3) is 0.235. The average Bonchev–Trinajstić information content (AvgIpc) is 2.49. The normalized spacial score (nSPS) is 13.5. The molecule has 108 valence electrons. The van der Waals surface area contributed by atoms with Gasteiger partial charge in [-0.05, 0) is 61.1 Å². The third-order valence-corrected chi connectivity index (χ3v) is 3.97. The van der Waals surface area contributed by atoms with Gasteiger partial charge in [0.15, 0.2) is 0 Å². The van der Waals surface area contributed by atoms with E-state index >= 15 is 0 Å². The summed E-state index contributed by atoms with van der Waals surface area (Å²) in [6, 6.07) is 11.5. The Kier molecular flexibility index (Phi) is 3.52. The lowest BCUT2D eigenvalue weighted by molar-refractivity contribution is 0.100. The van der Waals surface area contributed by atoms with Gasteiger partial charge in [-0.2, -0.15) is 0 Å². The predicted octanol–water partition coefficient (Wildman–Crippen LogP) is 2.99. The second-order valence-corrected chi connectivity index (χ2v) is 5.44. The minimum atomic E-state index is -0.477. The molecule has 4 nitrogen and oxygen atoms in total. The molecule has 0 aliphatic heterocycles. The van der Waals surface area contributed by atoms with Crippen LogP contribution in [0, 0.1) is 0 Å². The minimum absolute atomic E-state index is 0.420. The molecule has 0 fully saturated rings. The summed E-state index contributed by atoms with van der Waals surface area (Å²) in [5.41, 5.74) is 16.6. The minimum Gasteiger partial charge on any atom is -0.399 e. The molecule has 0 spiro atoms. The Hall–Kier alpha value is -2.49. The molecular weight excluding hydrogens is 262 g/mol. The second-order valence-electron chi connectivity index (χ2n) is 5.44. The summed E-state index contributed by atoms with van der Waals surface area (Å²) in [5, 5.41) is 3.35. The number of carbonyl (C=O) groups excluding carboxylic acids is 1. The molecule has 2 aromatic rings. The lowest BCUT2D eigenvalue weighted by Gasteiger charge is -2.21. The summed E-state index contributed by atoms with van der Waals surface area (Å²) in [7, 11) is 0. The number of rotatable bonds is 3. The van der Waals surface area contributed by atoms with Crippen LogP contribution in [-0.4, -0.2) is 5.91 Å². The molecule has 0 aromatic heterocycles. The standard InChI is InChI=1S/C17H19N3O/c18-12-8-9-16(14(10-12)17(19)21)20-15-7-3-5-11-4-1-2-6-13(11)15/h3,5,7-10,20H,1-2,4,6,18H2,(H2,19,21). The quantitative estimate of drug-likeness (QED) is 0.756. The number of anilines is 3. The van der Waals surface area contributed by atoms with Gasteiger partial charge in [-0.1, -0.05) is 12.1 Å². The number of benzene rings is 2. The summed E-state index contributed by atoms with van der Waals surface area (Å²) in [5.74, 6) is -0.477. The van der Waals surface area contributed by atoms with Crippen molar-refractivity contribution in [3.63, 3.8) is 0 Å². The topological polar surface area (TPSA) is 81.1 Å². The molecule has 2 aromatic carbocycles. The smallest absolute Gasteiger partial charge is 0.250 e. The Labute approximate surface area is 124 Å². The van der Waals surface area contributed by atoms with Gasteiger partial charge in [0.25, 0.3) is 5.91 Å². The molecule has 1 aliphatic carbocycles. The van der Waals surface area contributed by atoms with E-state index < -0.39 is 5.91 Å². The van der Waals surface area contributed by atoms with Crippen LogP contribution in [0.5, 0.6) is 0 Å². The van der Waals surface area contributed by atoms with Crippen molar-refractivity contribution in [1.29, 1.82) is 0 Å². The molecule has 0 saturated carbocycles. The molecule has 0 bridgehead atoms. The highest BCUT2D eigenvalue weighted by Gasteiger charge is 2.15. The summed E-state index contributed by atoms with van der Waals surface area (Å²) in [6.45, 7) is 0. The molecular formula is C17H19N3O. The third-order valence-electron chi connectivity index (χ3n) is 3.97. The molecule has 1 amide bonds. The number of carbonyl (C=O) groups is 1. The zero-order chi connectivity index (χ0) is 14.8. The van der Waals surface area contributed by atoms with Crippen molar-refractivity contribution in [1.82, 2.24) is 0 Å². The summed E-state index contributed by atoms with van der Waals surface area (Å²) in [4.78, 5) is 11.6. The van der Waals surface area contributed by atoms with Crippen LogP contribution in [-0.2, 0) is 12.8 Å². The first-order valence-electron chi connectivity index (χ1n) is 7.22. The van der Waals surface area contributed by atoms with Crippen molar-refractivity contribution in [2.75, 3.05) is 11.1 Å². The zero-order valence-electron chi connectivity index (χ0n) is 11.9. The molecule has 4 heteroatoms. The fourth-order valence-electron chi connectivity index (χ4n) is 2.92. The van der Waals surface area contributed by atoms with Crippen LogP contribution in [0.15, 0.2) is 36.4 Å². The number of primary amides is 1. The highest BCUT2D eigenvalue weighted by molar-refractivity contribution is 6.00. The number of nitrogens with two attached hydrogens (primary N) is 2. The predicted molar refractivity (Wildman–Crippen MR) is 85.7 cm³/mol. The van der Waals surface area contributed by atoms with Crippen molar-refractivity contribution >= 4 is 23.0 Å². The van der Waals surface area contributed by atoms with Gasteiger partial charge in [0.05, 0.1) is 11.3 Å². The van der Waals surface area contributed by atoms with E-state index in [9.17, 15) is 4.79 Å². The fourth-order valence-corrected chi connectivity index (χ4v) is 2.92. The molecule has 1 aliphatic rings. The second kappa shape index (κ2) is 5.48. The van der Waals surface area contributed by atoms with Crippen LogP contribution in [0.25, 0.3) is 0 Å². The molecule has 0 unspecified atom stereocenters. The molecule has 3 rings (SSSR count). The van der Waals surface area contributed by atoms with Gasteiger partial charge in [0, 0.05) is 11.4 Å². The lowest BCUT2D eigenvalue weighted by atomic mass is 9.90. The number of hydrogen-bond donors (Lipinski definition) is 3. The first-order valence-corrected chi connectivity index (χ1v) is 7.22. The van der Waals surface area contributed by atoms with E-state index in [-0.39, 0.29) is 0 Å². The first-order chi connectivity index (χ1) is 10.1. The Bertz CT molecular complexity index is 694. The lowest BCUT2D eigenvalue weighted by Crippen LogP contribution is -2.14. The van der Waals surface area contributed by atoms with Crippen molar-refractivity contribution in [2.45, 2.75) is 25.7 Å². The Morgan fingerprint density at radius 2 is 1.86 bits per heavy atom. The summed E-state index contributed by atoms with van der Waals surface area (Å²) in [6.07, 6.45) is 4.63. The summed E-state index contributed by atoms with van der Waals surface area (Å²) < 4.78 is 0. The zero-order valence-corrected chi connectivity index (χ0v) is 11.9. The van der Waals surface area contributed by atoms with Crippen molar-refractivity contribution in [3.05, 3.63) is 53.1 Å². The van der Waals surface area contributed by atoms with E-state index in [0.29, 0.717) is 16.9 Å². The first kappa shape index (κ1) is 13.5. The molecule has 0 atom stereocenters. The highest BCUT2D eigenvalue weighted by atomic mass is 16.1. The maximum Gasteiger partial charge on any atom is 0.250 e. The Balaban J connectivity index is 2.00. The molecule has 0 heterocycles. The number of nitrogens with one attached hydrogen (secondary N) is 1. The van der Waals surface area contributed by atoms with Crippen LogP contribution in [0.1, 0.15) is 34.3 Å². The van der Waals surface area contributed by atoms with E-state index in [4.69, 9.17) is 11.5 Å². The maximum atomic E-state index is 11.6. The van der Waals surface area contributed by atoms with Crippen molar-refractivity contribution in [2.24, 2.45) is 5.73 Å². The van der Waals surface area contributed by atoms with E-state index in [1.807, 2.05) is 12.1 Å². The van der Waals surface area contributed by atoms with E-state index in [2.05, 4.69) is 11.4 Å². The van der Waals surface area contributed by atoms with Gasteiger partial charge >= 0.3 is 0 Å². The monoisotopic (exact) mass is 281 g/mol. The average molecular weight is 281 g/mol. The van der Waals surface area contributed by atoms with Crippen molar-refractivity contribution < 1.29 is 4.79 Å². The van der Waals surface area contributed by atoms with Gasteiger partial charge in [-0.3, -0.25) is 4.79 Å². The van der Waals surface area contributed by atoms with Crippen LogP contribution in [0.2, 0.25) is 0 Å². The summed E-state index contributed by atoms with van der Waals surface area (Å²) >= 11 is 0.